The summed E-state index contributed by atoms with van der Waals surface area (Å²) < 4.78 is 8.32. The van der Waals surface area contributed by atoms with E-state index in [-0.39, 0.29) is 18.6 Å². The summed E-state index contributed by atoms with van der Waals surface area (Å²) >= 11 is 2.18. The normalized spacial score (nSPS) is 17.2. The van der Waals surface area contributed by atoms with Crippen LogP contribution in [-0.2, 0) is 11.3 Å². The molecule has 140 valence electrons. The number of ether oxygens (including phenoxy) is 1. The lowest BCUT2D eigenvalue weighted by Gasteiger charge is -2.31. The van der Waals surface area contributed by atoms with Gasteiger partial charge in [-0.3, -0.25) is 4.40 Å². The Hall–Kier alpha value is -2.36. The van der Waals surface area contributed by atoms with Crippen molar-refractivity contribution in [2.24, 2.45) is 0 Å². The molecule has 7 nitrogen and oxygen atoms in total. The summed E-state index contributed by atoms with van der Waals surface area (Å²) in [5, 5.41) is 0. The Labute approximate surface area is 170 Å². The lowest BCUT2D eigenvalue weighted by Crippen LogP contribution is -2.39. The van der Waals surface area contributed by atoms with Gasteiger partial charge in [-0.1, -0.05) is 30.3 Å². The summed E-state index contributed by atoms with van der Waals surface area (Å²) in [6.45, 7) is 1.58. The number of hydrogen-bond donors (Lipinski definition) is 1. The second-order valence-corrected chi connectivity index (χ2v) is 7.64. The highest BCUT2D eigenvalue weighted by Crippen LogP contribution is 2.30. The molecule has 0 spiro atoms. The molecule has 4 rings (SSSR count). The van der Waals surface area contributed by atoms with Crippen molar-refractivity contribution in [1.82, 2.24) is 19.3 Å². The van der Waals surface area contributed by atoms with E-state index < -0.39 is 0 Å². The average molecular weight is 477 g/mol. The smallest absolute Gasteiger partial charge is 0.410 e. The van der Waals surface area contributed by atoms with Crippen LogP contribution in [0.15, 0.2) is 42.7 Å². The summed E-state index contributed by atoms with van der Waals surface area (Å²) in [6.07, 6.45) is 5.17. The maximum absolute atomic E-state index is 12.5. The quantitative estimate of drug-likeness (QED) is 0.585. The highest BCUT2D eigenvalue weighted by atomic mass is 127. The van der Waals surface area contributed by atoms with E-state index in [1.165, 1.54) is 0 Å². The predicted octanol–water partition coefficient (Wildman–Crippen LogP) is 3.43. The fraction of sp³-hybridized carbons (Fsp3) is 0.316. The molecule has 3 aromatic rings. The number of piperidine rings is 1. The topological polar surface area (TPSA) is 85.8 Å². The number of imidazole rings is 1. The number of likely N-dealkylation sites (tertiary alicyclic amines) is 1. The standard InChI is InChI=1S/C19H20IN5O2/c20-16-15-17(21)22-8-10-25(15)18(23-16)14-7-4-9-24(11-14)19(26)27-12-13-5-2-1-3-6-13/h1-3,5-6,8,10,14H,4,7,9,11-12H2,(H2,21,22). The number of amides is 1. The number of anilines is 1. The molecule has 1 aliphatic rings. The van der Waals surface area contributed by atoms with E-state index in [9.17, 15) is 4.79 Å². The van der Waals surface area contributed by atoms with Gasteiger partial charge in [-0.15, -0.1) is 0 Å². The molecule has 0 saturated carbocycles. The van der Waals surface area contributed by atoms with Gasteiger partial charge in [0.05, 0.1) is 0 Å². The first-order valence-corrected chi connectivity index (χ1v) is 9.95. The Bertz CT molecular complexity index is 959. The van der Waals surface area contributed by atoms with Gasteiger partial charge in [0, 0.05) is 31.4 Å². The zero-order valence-electron chi connectivity index (χ0n) is 14.7. The van der Waals surface area contributed by atoms with E-state index in [0.29, 0.717) is 18.9 Å². The van der Waals surface area contributed by atoms with E-state index in [1.807, 2.05) is 40.9 Å². The number of benzene rings is 1. The number of nitrogens with two attached hydrogens (primary N) is 1. The molecule has 0 radical (unpaired) electrons. The van der Waals surface area contributed by atoms with Crippen molar-refractivity contribution < 1.29 is 9.53 Å². The van der Waals surface area contributed by atoms with Gasteiger partial charge < -0.3 is 15.4 Å². The number of aromatic nitrogens is 3. The SMILES string of the molecule is Nc1nccn2c(C3CCCN(C(=O)OCc4ccccc4)C3)nc(I)c12. The molecule has 2 aromatic heterocycles. The van der Waals surface area contributed by atoms with Crippen LogP contribution in [0.1, 0.15) is 30.1 Å². The first kappa shape index (κ1) is 18.0. The van der Waals surface area contributed by atoms with Gasteiger partial charge in [0.25, 0.3) is 0 Å². The third-order valence-corrected chi connectivity index (χ3v) is 5.57. The summed E-state index contributed by atoms with van der Waals surface area (Å²) in [5.41, 5.74) is 7.82. The minimum Gasteiger partial charge on any atom is -0.445 e. The summed E-state index contributed by atoms with van der Waals surface area (Å²) in [7, 11) is 0. The predicted molar refractivity (Wildman–Crippen MR) is 110 cm³/mol. The molecule has 1 fully saturated rings. The lowest BCUT2D eigenvalue weighted by atomic mass is 9.97. The van der Waals surface area contributed by atoms with E-state index in [0.717, 1.165) is 33.4 Å². The number of nitrogens with zero attached hydrogens (tertiary/aromatic N) is 4. The average Bonchev–Trinajstić information content (AvgIpc) is 3.05. The Morgan fingerprint density at radius 1 is 1.33 bits per heavy atom. The Morgan fingerprint density at radius 3 is 2.96 bits per heavy atom. The van der Waals surface area contributed by atoms with E-state index in [4.69, 9.17) is 15.5 Å². The Balaban J connectivity index is 1.48. The van der Waals surface area contributed by atoms with Crippen LogP contribution in [0.2, 0.25) is 0 Å². The van der Waals surface area contributed by atoms with Crippen molar-refractivity contribution in [1.29, 1.82) is 0 Å². The number of carbonyl (C=O) groups excluding carboxylic acids is 1. The molecular weight excluding hydrogens is 457 g/mol. The molecule has 2 N–H and O–H groups in total. The number of rotatable bonds is 3. The molecule has 0 bridgehead atoms. The minimum absolute atomic E-state index is 0.140. The Kier molecular flexibility index (Phi) is 5.15. The number of nitrogen functional groups attached to an aromatic ring is 1. The fourth-order valence-corrected chi connectivity index (χ4v) is 4.28. The maximum Gasteiger partial charge on any atom is 0.410 e. The molecule has 27 heavy (non-hydrogen) atoms. The van der Waals surface area contributed by atoms with Gasteiger partial charge in [0.1, 0.15) is 21.6 Å². The number of hydrogen-bond acceptors (Lipinski definition) is 5. The number of fused-ring (bicyclic) bond motifs is 1. The van der Waals surface area contributed by atoms with Crippen LogP contribution >= 0.6 is 22.6 Å². The fourth-order valence-electron chi connectivity index (χ4n) is 3.50. The molecule has 1 aromatic carbocycles. The van der Waals surface area contributed by atoms with Crippen molar-refractivity contribution in [2.75, 3.05) is 18.8 Å². The number of halogens is 1. The molecule has 1 atom stereocenters. The van der Waals surface area contributed by atoms with Crippen LogP contribution in [0.3, 0.4) is 0 Å². The first-order valence-electron chi connectivity index (χ1n) is 8.87. The highest BCUT2D eigenvalue weighted by molar-refractivity contribution is 14.1. The molecule has 1 unspecified atom stereocenters. The van der Waals surface area contributed by atoms with Crippen molar-refractivity contribution in [2.45, 2.75) is 25.4 Å². The van der Waals surface area contributed by atoms with Crippen molar-refractivity contribution in [3.8, 4) is 0 Å². The van der Waals surface area contributed by atoms with Crippen LogP contribution < -0.4 is 5.73 Å². The lowest BCUT2D eigenvalue weighted by molar-refractivity contribution is 0.0853. The van der Waals surface area contributed by atoms with Crippen LogP contribution in [0.25, 0.3) is 5.52 Å². The first-order chi connectivity index (χ1) is 13.1. The summed E-state index contributed by atoms with van der Waals surface area (Å²) in [5.74, 6) is 1.53. The molecule has 1 amide bonds. The summed E-state index contributed by atoms with van der Waals surface area (Å²) in [4.78, 5) is 23.2. The van der Waals surface area contributed by atoms with Gasteiger partial charge in [0.2, 0.25) is 0 Å². The van der Waals surface area contributed by atoms with E-state index in [2.05, 4.69) is 27.6 Å². The molecular formula is C19H20IN5O2. The maximum atomic E-state index is 12.5. The van der Waals surface area contributed by atoms with Crippen LogP contribution in [0.5, 0.6) is 0 Å². The van der Waals surface area contributed by atoms with Crippen molar-refractivity contribution in [3.63, 3.8) is 0 Å². The second kappa shape index (κ2) is 7.71. The Morgan fingerprint density at radius 2 is 2.15 bits per heavy atom. The number of carbonyl (C=O) groups is 1. The minimum atomic E-state index is -0.278. The van der Waals surface area contributed by atoms with Gasteiger partial charge in [0.15, 0.2) is 5.82 Å². The monoisotopic (exact) mass is 477 g/mol. The zero-order chi connectivity index (χ0) is 18.8. The molecule has 0 aliphatic carbocycles. The van der Waals surface area contributed by atoms with Crippen LogP contribution in [-0.4, -0.2) is 38.5 Å². The van der Waals surface area contributed by atoms with Gasteiger partial charge in [-0.25, -0.2) is 14.8 Å². The third-order valence-electron chi connectivity index (χ3n) is 4.82. The highest BCUT2D eigenvalue weighted by Gasteiger charge is 2.29. The van der Waals surface area contributed by atoms with Crippen molar-refractivity contribution >= 4 is 40.0 Å². The second-order valence-electron chi connectivity index (χ2n) is 6.62. The summed E-state index contributed by atoms with van der Waals surface area (Å²) in [6, 6.07) is 9.71. The van der Waals surface area contributed by atoms with E-state index in [1.54, 1.807) is 11.1 Å². The molecule has 3 heterocycles. The molecule has 8 heteroatoms. The van der Waals surface area contributed by atoms with Gasteiger partial charge >= 0.3 is 6.09 Å². The van der Waals surface area contributed by atoms with Crippen LogP contribution in [0.4, 0.5) is 10.6 Å². The van der Waals surface area contributed by atoms with Gasteiger partial charge in [-0.05, 0) is 41.0 Å². The van der Waals surface area contributed by atoms with Crippen molar-refractivity contribution in [3.05, 3.63) is 57.8 Å². The van der Waals surface area contributed by atoms with E-state index >= 15 is 0 Å². The van der Waals surface area contributed by atoms with Gasteiger partial charge in [-0.2, -0.15) is 0 Å². The molecule has 1 aliphatic heterocycles. The molecule has 1 saturated heterocycles. The van der Waals surface area contributed by atoms with Crippen LogP contribution in [0, 0.1) is 3.70 Å². The third kappa shape index (κ3) is 3.71. The largest absolute Gasteiger partial charge is 0.445 e. The zero-order valence-corrected chi connectivity index (χ0v) is 16.9.